The number of carboxylic acid groups (broad SMARTS) is 1. The zero-order chi connectivity index (χ0) is 21.0. The maximum Gasteiger partial charge on any atom is 0.416 e. The first-order valence-electron chi connectivity index (χ1n) is 8.75. The van der Waals surface area contributed by atoms with E-state index in [2.05, 4.69) is 0 Å². The molecule has 2 aromatic carbocycles. The lowest BCUT2D eigenvalue weighted by Gasteiger charge is -2.31. The SMILES string of the molecule is CN(Cc1ccccc1)C1=CC(C(=O)O)N(Oc2cccc(C(F)(F)F)c2)C=C1. The number of nitrogens with zero attached hydrogens (tertiary/aromatic N) is 2. The Balaban J connectivity index is 1.76. The molecule has 1 aliphatic heterocycles. The van der Waals surface area contributed by atoms with Crippen LogP contribution in [0.4, 0.5) is 13.2 Å². The fourth-order valence-corrected chi connectivity index (χ4v) is 2.85. The molecule has 152 valence electrons. The second-order valence-electron chi connectivity index (χ2n) is 6.51. The molecule has 1 atom stereocenters. The Bertz CT molecular complexity index is 926. The van der Waals surface area contributed by atoms with E-state index in [0.717, 1.165) is 22.8 Å². The first-order chi connectivity index (χ1) is 13.7. The smallest absolute Gasteiger partial charge is 0.416 e. The lowest BCUT2D eigenvalue weighted by molar-refractivity contribution is -0.150. The van der Waals surface area contributed by atoms with Gasteiger partial charge in [0.25, 0.3) is 0 Å². The van der Waals surface area contributed by atoms with Crippen LogP contribution in [0.25, 0.3) is 0 Å². The highest BCUT2D eigenvalue weighted by molar-refractivity contribution is 5.76. The van der Waals surface area contributed by atoms with Gasteiger partial charge in [0.05, 0.1) is 5.56 Å². The Hall–Kier alpha value is -3.42. The molecule has 5 nitrogen and oxygen atoms in total. The maximum atomic E-state index is 12.9. The lowest BCUT2D eigenvalue weighted by atomic mass is 10.1. The Morgan fingerprint density at radius 2 is 1.90 bits per heavy atom. The van der Waals surface area contributed by atoms with Gasteiger partial charge in [-0.05, 0) is 35.9 Å². The van der Waals surface area contributed by atoms with Crippen LogP contribution >= 0.6 is 0 Å². The zero-order valence-corrected chi connectivity index (χ0v) is 15.5. The Labute approximate surface area is 165 Å². The van der Waals surface area contributed by atoms with E-state index in [4.69, 9.17) is 4.84 Å². The van der Waals surface area contributed by atoms with Crippen molar-refractivity contribution in [3.8, 4) is 5.75 Å². The van der Waals surface area contributed by atoms with Crippen LogP contribution in [0.5, 0.6) is 5.75 Å². The fraction of sp³-hybridized carbons (Fsp3) is 0.190. The van der Waals surface area contributed by atoms with Crippen molar-refractivity contribution in [1.29, 1.82) is 0 Å². The summed E-state index contributed by atoms with van der Waals surface area (Å²) < 4.78 is 38.6. The van der Waals surface area contributed by atoms with E-state index >= 15 is 0 Å². The molecule has 0 bridgehead atoms. The molecule has 0 fully saturated rings. The van der Waals surface area contributed by atoms with Gasteiger partial charge in [-0.2, -0.15) is 18.2 Å². The molecule has 3 rings (SSSR count). The monoisotopic (exact) mass is 404 g/mol. The highest BCUT2D eigenvalue weighted by Gasteiger charge is 2.32. The van der Waals surface area contributed by atoms with Gasteiger partial charge in [-0.15, -0.1) is 0 Å². The van der Waals surface area contributed by atoms with Gasteiger partial charge in [-0.3, -0.25) is 0 Å². The summed E-state index contributed by atoms with van der Waals surface area (Å²) >= 11 is 0. The summed E-state index contributed by atoms with van der Waals surface area (Å²) in [7, 11) is 1.82. The molecule has 0 aromatic heterocycles. The highest BCUT2D eigenvalue weighted by Crippen LogP contribution is 2.32. The maximum absolute atomic E-state index is 12.9. The molecule has 8 heteroatoms. The van der Waals surface area contributed by atoms with Gasteiger partial charge in [-0.1, -0.05) is 36.4 Å². The van der Waals surface area contributed by atoms with Crippen molar-refractivity contribution in [1.82, 2.24) is 9.96 Å². The van der Waals surface area contributed by atoms with Gasteiger partial charge >= 0.3 is 12.1 Å². The molecule has 1 heterocycles. The van der Waals surface area contributed by atoms with E-state index in [9.17, 15) is 23.1 Å². The molecule has 1 N–H and O–H groups in total. The van der Waals surface area contributed by atoms with E-state index in [1.807, 2.05) is 42.3 Å². The summed E-state index contributed by atoms with van der Waals surface area (Å²) in [6.45, 7) is 0.567. The highest BCUT2D eigenvalue weighted by atomic mass is 19.4. The Kier molecular flexibility index (Phi) is 5.81. The number of carbonyl (C=O) groups is 1. The molecule has 0 aliphatic carbocycles. The molecule has 2 aromatic rings. The third kappa shape index (κ3) is 5.10. The molecule has 1 aliphatic rings. The summed E-state index contributed by atoms with van der Waals surface area (Å²) in [5, 5.41) is 10.6. The molecular formula is C21H19F3N2O3. The molecule has 29 heavy (non-hydrogen) atoms. The number of alkyl halides is 3. The molecule has 0 saturated carbocycles. The number of hydrogen-bond acceptors (Lipinski definition) is 4. The van der Waals surface area contributed by atoms with E-state index in [0.29, 0.717) is 12.2 Å². The van der Waals surface area contributed by atoms with Crippen molar-refractivity contribution in [3.63, 3.8) is 0 Å². The summed E-state index contributed by atoms with van der Waals surface area (Å²) in [5.41, 5.74) is 0.839. The first kappa shape index (κ1) is 20.3. The normalized spacial score (nSPS) is 16.3. The number of halogens is 3. The standard InChI is InChI=1S/C21H19F3N2O3/c1-25(14-15-6-3-2-4-7-15)17-10-11-26(19(13-17)20(27)28)29-18-9-5-8-16(12-18)21(22,23)24/h2-13,19H,14H2,1H3,(H,27,28). The number of likely N-dealkylation sites (N-methyl/N-ethyl adjacent to an activating group) is 1. The predicted octanol–water partition coefficient (Wildman–Crippen LogP) is 4.30. The summed E-state index contributed by atoms with van der Waals surface area (Å²) in [6, 6.07) is 12.8. The number of aliphatic carboxylic acids is 1. The first-order valence-corrected chi connectivity index (χ1v) is 8.75. The van der Waals surface area contributed by atoms with Crippen LogP contribution in [0.15, 0.2) is 78.6 Å². The second-order valence-corrected chi connectivity index (χ2v) is 6.51. The molecule has 1 unspecified atom stereocenters. The largest absolute Gasteiger partial charge is 0.479 e. The van der Waals surface area contributed by atoms with Crippen molar-refractivity contribution in [2.45, 2.75) is 18.8 Å². The number of carboxylic acids is 1. The van der Waals surface area contributed by atoms with Gasteiger partial charge < -0.3 is 14.8 Å². The van der Waals surface area contributed by atoms with Gasteiger partial charge in [0.1, 0.15) is 0 Å². The van der Waals surface area contributed by atoms with Gasteiger partial charge in [0, 0.05) is 25.5 Å². The van der Waals surface area contributed by atoms with Crippen LogP contribution in [-0.2, 0) is 17.5 Å². The summed E-state index contributed by atoms with van der Waals surface area (Å²) in [6.07, 6.45) is 0.0152. The zero-order valence-electron chi connectivity index (χ0n) is 15.5. The molecule has 0 saturated heterocycles. The number of hydrogen-bond donors (Lipinski definition) is 1. The third-order valence-electron chi connectivity index (χ3n) is 4.32. The van der Waals surface area contributed by atoms with Gasteiger partial charge in [0.15, 0.2) is 11.8 Å². The van der Waals surface area contributed by atoms with Crippen LogP contribution in [0.1, 0.15) is 11.1 Å². The summed E-state index contributed by atoms with van der Waals surface area (Å²) in [5.74, 6) is -1.29. The topological polar surface area (TPSA) is 53.0 Å². The minimum absolute atomic E-state index is 0.106. The lowest BCUT2D eigenvalue weighted by Crippen LogP contribution is -2.41. The van der Waals surface area contributed by atoms with Crippen LogP contribution in [-0.4, -0.2) is 34.1 Å². The van der Waals surface area contributed by atoms with E-state index in [-0.39, 0.29) is 5.75 Å². The fourth-order valence-electron chi connectivity index (χ4n) is 2.85. The van der Waals surface area contributed by atoms with Gasteiger partial charge in [0.2, 0.25) is 0 Å². The quantitative estimate of drug-likeness (QED) is 0.778. The number of hydroxylamine groups is 2. The van der Waals surface area contributed by atoms with E-state index in [1.54, 1.807) is 6.08 Å². The van der Waals surface area contributed by atoms with Gasteiger partial charge in [-0.25, -0.2) is 4.79 Å². The van der Waals surface area contributed by atoms with E-state index < -0.39 is 23.8 Å². The molecule has 0 radical (unpaired) electrons. The van der Waals surface area contributed by atoms with Crippen LogP contribution < -0.4 is 4.84 Å². The number of benzene rings is 2. The van der Waals surface area contributed by atoms with Crippen molar-refractivity contribution >= 4 is 5.97 Å². The Morgan fingerprint density at radius 3 is 2.55 bits per heavy atom. The minimum atomic E-state index is -4.52. The third-order valence-corrected chi connectivity index (χ3v) is 4.32. The minimum Gasteiger partial charge on any atom is -0.479 e. The Morgan fingerprint density at radius 1 is 1.17 bits per heavy atom. The average molecular weight is 404 g/mol. The molecular weight excluding hydrogens is 385 g/mol. The van der Waals surface area contributed by atoms with Crippen LogP contribution in [0.2, 0.25) is 0 Å². The average Bonchev–Trinajstić information content (AvgIpc) is 2.68. The van der Waals surface area contributed by atoms with Crippen molar-refractivity contribution in [2.24, 2.45) is 0 Å². The van der Waals surface area contributed by atoms with Crippen molar-refractivity contribution < 1.29 is 27.9 Å². The van der Waals surface area contributed by atoms with Crippen LogP contribution in [0, 0.1) is 0 Å². The summed E-state index contributed by atoms with van der Waals surface area (Å²) in [4.78, 5) is 19.0. The van der Waals surface area contributed by atoms with Crippen LogP contribution in [0.3, 0.4) is 0 Å². The molecule has 0 spiro atoms. The van der Waals surface area contributed by atoms with E-state index in [1.165, 1.54) is 24.4 Å². The van der Waals surface area contributed by atoms with Crippen molar-refractivity contribution in [3.05, 3.63) is 89.8 Å². The number of rotatable bonds is 6. The van der Waals surface area contributed by atoms with Crippen molar-refractivity contribution in [2.75, 3.05) is 7.05 Å². The predicted molar refractivity (Wildman–Crippen MR) is 100 cm³/mol. The number of allylic oxidation sites excluding steroid dienone is 1. The molecule has 0 amide bonds. The second kappa shape index (κ2) is 8.30.